The van der Waals surface area contributed by atoms with Crippen LogP contribution in [0.3, 0.4) is 0 Å². The maximum absolute atomic E-state index is 12.4. The van der Waals surface area contributed by atoms with E-state index in [0.717, 1.165) is 62.1 Å². The van der Waals surface area contributed by atoms with E-state index in [1.807, 2.05) is 25.8 Å². The molecule has 1 aromatic heterocycles. The lowest BCUT2D eigenvalue weighted by Gasteiger charge is -2.37. The van der Waals surface area contributed by atoms with Crippen molar-refractivity contribution in [1.29, 1.82) is 0 Å². The van der Waals surface area contributed by atoms with E-state index in [-0.39, 0.29) is 29.9 Å². The minimum atomic E-state index is 0. The van der Waals surface area contributed by atoms with Crippen LogP contribution in [-0.2, 0) is 16.0 Å². The van der Waals surface area contributed by atoms with E-state index in [9.17, 15) is 4.79 Å². The van der Waals surface area contributed by atoms with Gasteiger partial charge >= 0.3 is 0 Å². The highest BCUT2D eigenvalue weighted by atomic mass is 127. The van der Waals surface area contributed by atoms with E-state index in [2.05, 4.69) is 25.3 Å². The first-order valence-electron chi connectivity index (χ1n) is 10.0. The van der Waals surface area contributed by atoms with E-state index in [4.69, 9.17) is 9.26 Å². The molecule has 0 saturated carbocycles. The van der Waals surface area contributed by atoms with Crippen molar-refractivity contribution >= 4 is 35.8 Å². The molecule has 0 atom stereocenters. The van der Waals surface area contributed by atoms with Crippen LogP contribution in [0.15, 0.2) is 9.52 Å². The van der Waals surface area contributed by atoms with E-state index in [0.29, 0.717) is 32.8 Å². The molecule has 2 fully saturated rings. The lowest BCUT2D eigenvalue weighted by Crippen LogP contribution is -2.55. The second-order valence-corrected chi connectivity index (χ2v) is 7.28. The zero-order chi connectivity index (χ0) is 19.9. The molecule has 0 aromatic carbocycles. The molecule has 0 aliphatic carbocycles. The van der Waals surface area contributed by atoms with Gasteiger partial charge in [-0.05, 0) is 20.3 Å². The number of carbonyl (C=O) groups is 1. The Hall–Kier alpha value is -1.40. The zero-order valence-electron chi connectivity index (χ0n) is 17.6. The Labute approximate surface area is 189 Å². The predicted octanol–water partition coefficient (Wildman–Crippen LogP) is 0.504. The first kappa shape index (κ1) is 23.9. The topological polar surface area (TPSA) is 86.4 Å². The number of rotatable bonds is 5. The number of aliphatic imine (C=N–C) groups is 1. The van der Waals surface area contributed by atoms with Gasteiger partial charge < -0.3 is 24.4 Å². The number of hydrogen-bond acceptors (Lipinski definition) is 6. The number of amides is 1. The third-order valence-electron chi connectivity index (χ3n) is 5.45. The average molecular weight is 520 g/mol. The van der Waals surface area contributed by atoms with Gasteiger partial charge in [0.2, 0.25) is 5.91 Å². The largest absolute Gasteiger partial charge is 0.378 e. The molecule has 2 saturated heterocycles. The van der Waals surface area contributed by atoms with Crippen LogP contribution < -0.4 is 5.32 Å². The van der Waals surface area contributed by atoms with Crippen LogP contribution >= 0.6 is 24.0 Å². The van der Waals surface area contributed by atoms with Crippen molar-refractivity contribution in [1.82, 2.24) is 25.2 Å². The summed E-state index contributed by atoms with van der Waals surface area (Å²) in [5.41, 5.74) is 2.11. The number of piperazine rings is 1. The summed E-state index contributed by atoms with van der Waals surface area (Å²) in [5.74, 6) is 2.00. The maximum atomic E-state index is 12.4. The van der Waals surface area contributed by atoms with Crippen LogP contribution in [-0.4, -0.2) is 104 Å². The number of nitrogens with zero attached hydrogens (tertiary/aromatic N) is 5. The molecule has 0 spiro atoms. The number of morpholine rings is 1. The number of halogens is 1. The van der Waals surface area contributed by atoms with Crippen LogP contribution in [0.2, 0.25) is 0 Å². The Morgan fingerprint density at radius 3 is 2.38 bits per heavy atom. The molecule has 164 valence electrons. The molecule has 0 radical (unpaired) electrons. The number of hydrogen-bond donors (Lipinski definition) is 1. The fraction of sp³-hybridized carbons (Fsp3) is 0.737. The van der Waals surface area contributed by atoms with E-state index >= 15 is 0 Å². The molecule has 2 aliphatic heterocycles. The van der Waals surface area contributed by atoms with Gasteiger partial charge in [0.25, 0.3) is 0 Å². The third kappa shape index (κ3) is 6.54. The Bertz CT molecular complexity index is 662. The Morgan fingerprint density at radius 2 is 1.79 bits per heavy atom. The van der Waals surface area contributed by atoms with Crippen LogP contribution in [0.5, 0.6) is 0 Å². The van der Waals surface area contributed by atoms with Gasteiger partial charge in [0.15, 0.2) is 5.96 Å². The highest BCUT2D eigenvalue weighted by Gasteiger charge is 2.24. The van der Waals surface area contributed by atoms with Crippen molar-refractivity contribution in [3.05, 3.63) is 17.0 Å². The Kier molecular flexibility index (Phi) is 9.63. The third-order valence-corrected chi connectivity index (χ3v) is 5.45. The number of nitrogens with one attached hydrogen (secondary N) is 1. The van der Waals surface area contributed by atoms with Crippen LogP contribution in [0.25, 0.3) is 0 Å². The second kappa shape index (κ2) is 11.7. The van der Waals surface area contributed by atoms with Crippen molar-refractivity contribution in [3.8, 4) is 0 Å². The summed E-state index contributed by atoms with van der Waals surface area (Å²) < 4.78 is 10.5. The molecule has 0 unspecified atom stereocenters. The summed E-state index contributed by atoms with van der Waals surface area (Å²) in [6.07, 6.45) is 0.855. The van der Waals surface area contributed by atoms with Gasteiger partial charge in [-0.1, -0.05) is 5.16 Å². The summed E-state index contributed by atoms with van der Waals surface area (Å²) in [6, 6.07) is 0. The van der Waals surface area contributed by atoms with Crippen molar-refractivity contribution in [2.75, 3.05) is 72.6 Å². The summed E-state index contributed by atoms with van der Waals surface area (Å²) in [4.78, 5) is 23.2. The number of carbonyl (C=O) groups excluding carboxylic acids is 1. The Balaban J connectivity index is 0.00000300. The van der Waals surface area contributed by atoms with E-state index in [1.165, 1.54) is 0 Å². The highest BCUT2D eigenvalue weighted by molar-refractivity contribution is 14.0. The molecular formula is C19H33IN6O3. The average Bonchev–Trinajstić information content (AvgIpc) is 3.04. The summed E-state index contributed by atoms with van der Waals surface area (Å²) in [5, 5.41) is 7.44. The predicted molar refractivity (Wildman–Crippen MR) is 122 cm³/mol. The first-order chi connectivity index (χ1) is 13.6. The van der Waals surface area contributed by atoms with Crippen LogP contribution in [0.1, 0.15) is 17.0 Å². The fourth-order valence-electron chi connectivity index (χ4n) is 3.71. The number of guanidine groups is 1. The monoisotopic (exact) mass is 520 g/mol. The molecular weight excluding hydrogens is 487 g/mol. The van der Waals surface area contributed by atoms with Gasteiger partial charge in [-0.25, -0.2) is 0 Å². The van der Waals surface area contributed by atoms with Crippen molar-refractivity contribution < 1.29 is 14.1 Å². The molecule has 2 aliphatic rings. The molecule has 10 heteroatoms. The van der Waals surface area contributed by atoms with Crippen molar-refractivity contribution in [2.45, 2.75) is 20.3 Å². The molecule has 29 heavy (non-hydrogen) atoms. The van der Waals surface area contributed by atoms with Crippen LogP contribution in [0, 0.1) is 13.8 Å². The molecule has 1 N–H and O–H groups in total. The minimum absolute atomic E-state index is 0. The second-order valence-electron chi connectivity index (χ2n) is 7.28. The van der Waals surface area contributed by atoms with Gasteiger partial charge in [0, 0.05) is 58.4 Å². The number of ether oxygens (including phenoxy) is 1. The van der Waals surface area contributed by atoms with Crippen molar-refractivity contribution in [2.24, 2.45) is 4.99 Å². The summed E-state index contributed by atoms with van der Waals surface area (Å²) >= 11 is 0. The molecule has 1 amide bonds. The quantitative estimate of drug-likeness (QED) is 0.344. The zero-order valence-corrected chi connectivity index (χ0v) is 20.0. The van der Waals surface area contributed by atoms with Gasteiger partial charge in [-0.15, -0.1) is 24.0 Å². The van der Waals surface area contributed by atoms with Gasteiger partial charge in [0.1, 0.15) is 5.76 Å². The fourth-order valence-corrected chi connectivity index (χ4v) is 3.71. The molecule has 9 nitrogen and oxygen atoms in total. The van der Waals surface area contributed by atoms with Crippen molar-refractivity contribution in [3.63, 3.8) is 0 Å². The molecule has 3 heterocycles. The molecule has 3 rings (SSSR count). The summed E-state index contributed by atoms with van der Waals surface area (Å²) in [7, 11) is 1.81. The molecule has 0 bridgehead atoms. The summed E-state index contributed by atoms with van der Waals surface area (Å²) in [6.45, 7) is 11.4. The number of aromatic nitrogens is 1. The van der Waals surface area contributed by atoms with E-state index in [1.54, 1.807) is 0 Å². The van der Waals surface area contributed by atoms with E-state index < -0.39 is 0 Å². The standard InChI is InChI=1S/C19H32N6O3.HI/c1-15-17(16(2)28-22-15)4-5-21-19(20-3)25-8-6-23(7-9-25)14-18(26)24-10-12-27-13-11-24;/h4-14H2,1-3H3,(H,20,21);1H. The van der Waals surface area contributed by atoms with Crippen LogP contribution in [0.4, 0.5) is 0 Å². The van der Waals surface area contributed by atoms with Gasteiger partial charge in [-0.3, -0.25) is 14.7 Å². The normalized spacial score (nSPS) is 18.5. The Morgan fingerprint density at radius 1 is 1.10 bits per heavy atom. The van der Waals surface area contributed by atoms with Gasteiger partial charge in [0.05, 0.1) is 25.5 Å². The minimum Gasteiger partial charge on any atom is -0.378 e. The smallest absolute Gasteiger partial charge is 0.236 e. The lowest BCUT2D eigenvalue weighted by molar-refractivity contribution is -0.136. The number of aryl methyl sites for hydroxylation is 2. The highest BCUT2D eigenvalue weighted by Crippen LogP contribution is 2.12. The first-order valence-corrected chi connectivity index (χ1v) is 10.0. The molecule has 1 aromatic rings. The SMILES string of the molecule is CN=C(NCCc1c(C)noc1C)N1CCN(CC(=O)N2CCOCC2)CC1.I. The van der Waals surface area contributed by atoms with Gasteiger partial charge in [-0.2, -0.15) is 0 Å². The maximum Gasteiger partial charge on any atom is 0.236 e. The lowest BCUT2D eigenvalue weighted by atomic mass is 10.1.